The van der Waals surface area contributed by atoms with Crippen LogP contribution in [0, 0.1) is 5.92 Å². The monoisotopic (exact) mass is 372 g/mol. The van der Waals surface area contributed by atoms with Crippen molar-refractivity contribution >= 4 is 24.2 Å². The SMILES string of the molecule is CC1CCCCN1C(=O)CN1CCN(C(=O)C2CCNCC2)CC1.Cl. The molecule has 3 aliphatic rings. The molecule has 0 spiro atoms. The second-order valence-corrected chi connectivity index (χ2v) is 7.56. The molecule has 7 heteroatoms. The molecule has 3 fully saturated rings. The molecular formula is C18H33ClN4O2. The van der Waals surface area contributed by atoms with Crippen LogP contribution in [0.1, 0.15) is 39.0 Å². The van der Waals surface area contributed by atoms with Crippen molar-refractivity contribution in [1.29, 1.82) is 0 Å². The lowest BCUT2D eigenvalue weighted by atomic mass is 9.96. The summed E-state index contributed by atoms with van der Waals surface area (Å²) in [6, 6.07) is 0.383. The van der Waals surface area contributed by atoms with Gasteiger partial charge in [0.15, 0.2) is 0 Å². The number of hydrogen-bond donors (Lipinski definition) is 1. The highest BCUT2D eigenvalue weighted by Gasteiger charge is 2.30. The molecule has 0 bridgehead atoms. The van der Waals surface area contributed by atoms with E-state index >= 15 is 0 Å². The normalized spacial score (nSPS) is 26.2. The summed E-state index contributed by atoms with van der Waals surface area (Å²) >= 11 is 0. The number of carbonyl (C=O) groups is 2. The molecule has 0 aromatic carbocycles. The second-order valence-electron chi connectivity index (χ2n) is 7.56. The Kier molecular flexibility index (Phi) is 7.97. The molecular weight excluding hydrogens is 340 g/mol. The Hall–Kier alpha value is -0.850. The Morgan fingerprint density at radius 2 is 1.64 bits per heavy atom. The summed E-state index contributed by atoms with van der Waals surface area (Å²) in [5.74, 6) is 0.793. The molecule has 0 aromatic rings. The first-order valence-corrected chi connectivity index (χ1v) is 9.66. The topological polar surface area (TPSA) is 55.9 Å². The van der Waals surface area contributed by atoms with E-state index in [1.54, 1.807) is 0 Å². The maximum absolute atomic E-state index is 12.6. The first kappa shape index (κ1) is 20.5. The number of piperazine rings is 1. The van der Waals surface area contributed by atoms with Crippen molar-refractivity contribution in [2.45, 2.75) is 45.1 Å². The van der Waals surface area contributed by atoms with Crippen molar-refractivity contribution < 1.29 is 9.59 Å². The molecule has 0 radical (unpaired) electrons. The highest BCUT2D eigenvalue weighted by molar-refractivity contribution is 5.85. The summed E-state index contributed by atoms with van der Waals surface area (Å²) in [7, 11) is 0. The number of hydrogen-bond acceptors (Lipinski definition) is 4. The van der Waals surface area contributed by atoms with Crippen LogP contribution in [0.2, 0.25) is 0 Å². The summed E-state index contributed by atoms with van der Waals surface area (Å²) in [6.45, 7) is 8.69. The Balaban J connectivity index is 0.00000225. The zero-order valence-electron chi connectivity index (χ0n) is 15.4. The summed E-state index contributed by atoms with van der Waals surface area (Å²) in [5, 5.41) is 3.31. The van der Waals surface area contributed by atoms with E-state index < -0.39 is 0 Å². The molecule has 3 rings (SSSR count). The van der Waals surface area contributed by atoms with E-state index in [-0.39, 0.29) is 24.2 Å². The molecule has 25 heavy (non-hydrogen) atoms. The Bertz CT molecular complexity index is 448. The van der Waals surface area contributed by atoms with Crippen molar-refractivity contribution in [3.8, 4) is 0 Å². The molecule has 1 atom stereocenters. The Morgan fingerprint density at radius 3 is 2.28 bits per heavy atom. The fourth-order valence-electron chi connectivity index (χ4n) is 4.20. The van der Waals surface area contributed by atoms with Crippen LogP contribution in [0.4, 0.5) is 0 Å². The lowest BCUT2D eigenvalue weighted by Crippen LogP contribution is -2.54. The minimum Gasteiger partial charge on any atom is -0.340 e. The summed E-state index contributed by atoms with van der Waals surface area (Å²) < 4.78 is 0. The van der Waals surface area contributed by atoms with Gasteiger partial charge in [0.2, 0.25) is 11.8 Å². The number of likely N-dealkylation sites (tertiary alicyclic amines) is 1. The first-order chi connectivity index (χ1) is 11.6. The Morgan fingerprint density at radius 1 is 0.960 bits per heavy atom. The fourth-order valence-corrected chi connectivity index (χ4v) is 4.20. The second kappa shape index (κ2) is 9.74. The maximum atomic E-state index is 12.6. The number of carbonyl (C=O) groups excluding carboxylic acids is 2. The van der Waals surface area contributed by atoms with Gasteiger partial charge in [0.05, 0.1) is 6.54 Å². The van der Waals surface area contributed by atoms with Gasteiger partial charge in [-0.2, -0.15) is 0 Å². The number of nitrogens with zero attached hydrogens (tertiary/aromatic N) is 3. The molecule has 0 aromatic heterocycles. The third kappa shape index (κ3) is 5.31. The minimum absolute atomic E-state index is 0. The van der Waals surface area contributed by atoms with E-state index in [1.165, 1.54) is 6.42 Å². The average molecular weight is 373 g/mol. The van der Waals surface area contributed by atoms with Gasteiger partial charge in [0.1, 0.15) is 0 Å². The van der Waals surface area contributed by atoms with E-state index in [4.69, 9.17) is 0 Å². The molecule has 0 aliphatic carbocycles. The molecule has 3 aliphatic heterocycles. The van der Waals surface area contributed by atoms with Crippen molar-refractivity contribution in [1.82, 2.24) is 20.0 Å². The van der Waals surface area contributed by atoms with Gasteiger partial charge in [-0.3, -0.25) is 14.5 Å². The van der Waals surface area contributed by atoms with Gasteiger partial charge in [-0.1, -0.05) is 0 Å². The van der Waals surface area contributed by atoms with E-state index in [1.807, 2.05) is 4.90 Å². The van der Waals surface area contributed by atoms with Gasteiger partial charge in [-0.25, -0.2) is 0 Å². The molecule has 0 saturated carbocycles. The van der Waals surface area contributed by atoms with Crippen molar-refractivity contribution in [2.75, 3.05) is 52.4 Å². The molecule has 2 amide bonds. The van der Waals surface area contributed by atoms with E-state index in [0.29, 0.717) is 18.5 Å². The number of amides is 2. The zero-order valence-corrected chi connectivity index (χ0v) is 16.2. The van der Waals surface area contributed by atoms with Crippen molar-refractivity contribution in [3.05, 3.63) is 0 Å². The van der Waals surface area contributed by atoms with Crippen LogP contribution in [0.25, 0.3) is 0 Å². The third-order valence-electron chi connectivity index (χ3n) is 5.85. The zero-order chi connectivity index (χ0) is 16.9. The molecule has 3 saturated heterocycles. The maximum Gasteiger partial charge on any atom is 0.236 e. The summed E-state index contributed by atoms with van der Waals surface area (Å²) in [6.07, 6.45) is 5.43. The lowest BCUT2D eigenvalue weighted by Gasteiger charge is -2.39. The molecule has 1 N–H and O–H groups in total. The molecule has 144 valence electrons. The van der Waals surface area contributed by atoms with Crippen LogP contribution in [0.3, 0.4) is 0 Å². The van der Waals surface area contributed by atoms with Gasteiger partial charge in [-0.15, -0.1) is 12.4 Å². The predicted octanol–water partition coefficient (Wildman–Crippen LogP) is 0.953. The standard InChI is InChI=1S/C18H32N4O2.ClH/c1-15-4-2-3-9-22(15)17(23)14-20-10-12-21(13-11-20)18(24)16-5-7-19-8-6-16;/h15-16,19H,2-14H2,1H3;1H. The molecule has 6 nitrogen and oxygen atoms in total. The van der Waals surface area contributed by atoms with Crippen LogP contribution in [0.15, 0.2) is 0 Å². The van der Waals surface area contributed by atoms with E-state index in [2.05, 4.69) is 22.0 Å². The number of rotatable bonds is 3. The van der Waals surface area contributed by atoms with Crippen LogP contribution >= 0.6 is 12.4 Å². The summed E-state index contributed by atoms with van der Waals surface area (Å²) in [4.78, 5) is 31.4. The van der Waals surface area contributed by atoms with Crippen LogP contribution in [0.5, 0.6) is 0 Å². The van der Waals surface area contributed by atoms with Crippen molar-refractivity contribution in [2.24, 2.45) is 5.92 Å². The highest BCUT2D eigenvalue weighted by atomic mass is 35.5. The van der Waals surface area contributed by atoms with Crippen LogP contribution < -0.4 is 5.32 Å². The number of halogens is 1. The van der Waals surface area contributed by atoms with Gasteiger partial charge in [0.25, 0.3) is 0 Å². The van der Waals surface area contributed by atoms with Gasteiger partial charge in [0, 0.05) is 44.7 Å². The lowest BCUT2D eigenvalue weighted by molar-refractivity contribution is -0.139. The third-order valence-corrected chi connectivity index (χ3v) is 5.85. The largest absolute Gasteiger partial charge is 0.340 e. The minimum atomic E-state index is 0. The van der Waals surface area contributed by atoms with Crippen molar-refractivity contribution in [3.63, 3.8) is 0 Å². The summed E-state index contributed by atoms with van der Waals surface area (Å²) in [5.41, 5.74) is 0. The smallest absolute Gasteiger partial charge is 0.236 e. The number of nitrogens with one attached hydrogen (secondary N) is 1. The van der Waals surface area contributed by atoms with Gasteiger partial charge < -0.3 is 15.1 Å². The van der Waals surface area contributed by atoms with E-state index in [0.717, 1.165) is 71.5 Å². The van der Waals surface area contributed by atoms with Crippen LogP contribution in [-0.4, -0.2) is 84.9 Å². The van der Waals surface area contributed by atoms with Gasteiger partial charge >= 0.3 is 0 Å². The van der Waals surface area contributed by atoms with Crippen LogP contribution in [-0.2, 0) is 9.59 Å². The predicted molar refractivity (Wildman–Crippen MR) is 101 cm³/mol. The quantitative estimate of drug-likeness (QED) is 0.801. The molecule has 3 heterocycles. The first-order valence-electron chi connectivity index (χ1n) is 9.66. The molecule has 1 unspecified atom stereocenters. The fraction of sp³-hybridized carbons (Fsp3) is 0.889. The average Bonchev–Trinajstić information content (AvgIpc) is 2.63. The Labute approximate surface area is 157 Å². The number of piperidine rings is 2. The highest BCUT2D eigenvalue weighted by Crippen LogP contribution is 2.18. The van der Waals surface area contributed by atoms with Gasteiger partial charge in [-0.05, 0) is 52.1 Å². The van der Waals surface area contributed by atoms with E-state index in [9.17, 15) is 9.59 Å².